The number of rotatable bonds is 7. The van der Waals surface area contributed by atoms with Gasteiger partial charge in [0.2, 0.25) is 5.95 Å². The van der Waals surface area contributed by atoms with E-state index in [-0.39, 0.29) is 6.10 Å². The van der Waals surface area contributed by atoms with E-state index in [0.717, 1.165) is 31.6 Å². The molecule has 0 aromatic carbocycles. The first-order valence-electron chi connectivity index (χ1n) is 6.31. The molecule has 5 heteroatoms. The van der Waals surface area contributed by atoms with Crippen molar-refractivity contribution in [3.63, 3.8) is 0 Å². The fourth-order valence-electron chi connectivity index (χ4n) is 1.35. The predicted octanol–water partition coefficient (Wildman–Crippen LogP) is 2.43. The summed E-state index contributed by atoms with van der Waals surface area (Å²) in [5.74, 6) is 1.40. The highest BCUT2D eigenvalue weighted by Crippen LogP contribution is 2.11. The smallest absolute Gasteiger partial charge is 0.321 e. The van der Waals surface area contributed by atoms with Crippen LogP contribution < -0.4 is 10.1 Å². The van der Waals surface area contributed by atoms with E-state index in [1.165, 1.54) is 0 Å². The van der Waals surface area contributed by atoms with Gasteiger partial charge in [0, 0.05) is 13.0 Å². The summed E-state index contributed by atoms with van der Waals surface area (Å²) in [5, 5.41) is 3.10. The summed E-state index contributed by atoms with van der Waals surface area (Å²) in [7, 11) is 0. The number of aryl methyl sites for hydroxylation is 1. The van der Waals surface area contributed by atoms with Crippen LogP contribution in [0.15, 0.2) is 0 Å². The SMILES string of the molecule is CCCCc1nc(NCC)nc(OC(C)C)n1. The second-order valence-corrected chi connectivity index (χ2v) is 4.16. The third-order valence-corrected chi connectivity index (χ3v) is 2.09. The summed E-state index contributed by atoms with van der Waals surface area (Å²) in [5.41, 5.74) is 0. The molecular weight excluding hydrogens is 216 g/mol. The van der Waals surface area contributed by atoms with Crippen molar-refractivity contribution < 1.29 is 4.74 Å². The highest BCUT2D eigenvalue weighted by atomic mass is 16.5. The van der Waals surface area contributed by atoms with Crippen LogP contribution >= 0.6 is 0 Å². The van der Waals surface area contributed by atoms with Crippen molar-refractivity contribution in [3.8, 4) is 6.01 Å². The van der Waals surface area contributed by atoms with Crippen LogP contribution in [-0.4, -0.2) is 27.6 Å². The Bertz CT molecular complexity index is 341. The minimum absolute atomic E-state index is 0.0749. The molecule has 0 saturated heterocycles. The number of aromatic nitrogens is 3. The molecule has 0 amide bonds. The van der Waals surface area contributed by atoms with Crippen molar-refractivity contribution in [1.29, 1.82) is 0 Å². The summed E-state index contributed by atoms with van der Waals surface area (Å²) in [4.78, 5) is 12.9. The lowest BCUT2D eigenvalue weighted by molar-refractivity contribution is 0.221. The van der Waals surface area contributed by atoms with Crippen LogP contribution in [0.25, 0.3) is 0 Å². The molecule has 17 heavy (non-hydrogen) atoms. The van der Waals surface area contributed by atoms with Crippen LogP contribution in [0.4, 0.5) is 5.95 Å². The van der Waals surface area contributed by atoms with Gasteiger partial charge in [0.15, 0.2) is 0 Å². The van der Waals surface area contributed by atoms with Crippen LogP contribution in [-0.2, 0) is 6.42 Å². The maximum absolute atomic E-state index is 5.52. The number of hydrogen-bond donors (Lipinski definition) is 1. The van der Waals surface area contributed by atoms with Gasteiger partial charge in [0.1, 0.15) is 5.82 Å². The summed E-state index contributed by atoms with van der Waals surface area (Å²) in [6.45, 7) is 8.87. The van der Waals surface area contributed by atoms with Gasteiger partial charge in [-0.1, -0.05) is 13.3 Å². The van der Waals surface area contributed by atoms with Gasteiger partial charge in [-0.15, -0.1) is 0 Å². The Kier molecular flexibility index (Phi) is 5.66. The fraction of sp³-hybridized carbons (Fsp3) is 0.750. The molecule has 0 aliphatic heterocycles. The van der Waals surface area contributed by atoms with Gasteiger partial charge in [-0.3, -0.25) is 0 Å². The molecule has 1 aromatic rings. The molecule has 1 heterocycles. The number of anilines is 1. The zero-order chi connectivity index (χ0) is 12.7. The number of nitrogens with one attached hydrogen (secondary N) is 1. The molecule has 0 fully saturated rings. The molecule has 0 saturated carbocycles. The Balaban J connectivity index is 2.84. The van der Waals surface area contributed by atoms with Gasteiger partial charge in [-0.25, -0.2) is 0 Å². The number of ether oxygens (including phenoxy) is 1. The van der Waals surface area contributed by atoms with E-state index in [0.29, 0.717) is 12.0 Å². The lowest BCUT2D eigenvalue weighted by Gasteiger charge is -2.10. The van der Waals surface area contributed by atoms with Crippen molar-refractivity contribution in [2.45, 2.75) is 53.1 Å². The maximum Gasteiger partial charge on any atom is 0.321 e. The summed E-state index contributed by atoms with van der Waals surface area (Å²) in [6.07, 6.45) is 3.15. The monoisotopic (exact) mass is 238 g/mol. The Labute approximate surface area is 103 Å². The lowest BCUT2D eigenvalue weighted by atomic mass is 10.2. The molecular formula is C12H22N4O. The molecule has 0 bridgehead atoms. The summed E-state index contributed by atoms with van der Waals surface area (Å²) < 4.78 is 5.52. The van der Waals surface area contributed by atoms with E-state index in [1.54, 1.807) is 0 Å². The Morgan fingerprint density at radius 2 is 1.94 bits per heavy atom. The molecule has 0 unspecified atom stereocenters. The highest BCUT2D eigenvalue weighted by Gasteiger charge is 2.08. The van der Waals surface area contributed by atoms with Gasteiger partial charge in [0.25, 0.3) is 0 Å². The van der Waals surface area contributed by atoms with E-state index in [9.17, 15) is 0 Å². The number of hydrogen-bond acceptors (Lipinski definition) is 5. The lowest BCUT2D eigenvalue weighted by Crippen LogP contribution is -2.13. The van der Waals surface area contributed by atoms with E-state index in [1.807, 2.05) is 20.8 Å². The van der Waals surface area contributed by atoms with Crippen molar-refractivity contribution in [2.24, 2.45) is 0 Å². The van der Waals surface area contributed by atoms with E-state index in [4.69, 9.17) is 4.74 Å². The first kappa shape index (κ1) is 13.7. The van der Waals surface area contributed by atoms with E-state index in [2.05, 4.69) is 27.2 Å². The number of nitrogens with zero attached hydrogens (tertiary/aromatic N) is 3. The molecule has 0 radical (unpaired) electrons. The zero-order valence-electron chi connectivity index (χ0n) is 11.2. The van der Waals surface area contributed by atoms with Crippen LogP contribution in [0.1, 0.15) is 46.4 Å². The second kappa shape index (κ2) is 7.04. The number of unbranched alkanes of at least 4 members (excludes halogenated alkanes) is 1. The molecule has 1 aromatic heterocycles. The predicted molar refractivity (Wildman–Crippen MR) is 68.4 cm³/mol. The van der Waals surface area contributed by atoms with Crippen LogP contribution in [0.5, 0.6) is 6.01 Å². The average Bonchev–Trinajstić information content (AvgIpc) is 2.25. The molecule has 0 spiro atoms. The van der Waals surface area contributed by atoms with Crippen LogP contribution in [0.3, 0.4) is 0 Å². The van der Waals surface area contributed by atoms with Crippen LogP contribution in [0.2, 0.25) is 0 Å². The molecule has 1 rings (SSSR count). The standard InChI is InChI=1S/C12H22N4O/c1-5-7-8-10-14-11(13-6-2)16-12(15-10)17-9(3)4/h9H,5-8H2,1-4H3,(H,13,14,15,16). The minimum Gasteiger partial charge on any atom is -0.461 e. The fourth-order valence-corrected chi connectivity index (χ4v) is 1.35. The van der Waals surface area contributed by atoms with Crippen molar-refractivity contribution >= 4 is 5.95 Å². The van der Waals surface area contributed by atoms with E-state index >= 15 is 0 Å². The second-order valence-electron chi connectivity index (χ2n) is 4.16. The van der Waals surface area contributed by atoms with Gasteiger partial charge in [-0.2, -0.15) is 15.0 Å². The van der Waals surface area contributed by atoms with Gasteiger partial charge in [0.05, 0.1) is 6.10 Å². The van der Waals surface area contributed by atoms with Gasteiger partial charge in [-0.05, 0) is 27.2 Å². The quantitative estimate of drug-likeness (QED) is 0.790. The Morgan fingerprint density at radius 1 is 1.18 bits per heavy atom. The topological polar surface area (TPSA) is 59.9 Å². The largest absolute Gasteiger partial charge is 0.461 e. The zero-order valence-corrected chi connectivity index (χ0v) is 11.2. The minimum atomic E-state index is 0.0749. The molecule has 0 aliphatic rings. The van der Waals surface area contributed by atoms with Crippen LogP contribution in [0, 0.1) is 0 Å². The molecule has 1 N–H and O–H groups in total. The van der Waals surface area contributed by atoms with Gasteiger partial charge >= 0.3 is 6.01 Å². The Morgan fingerprint density at radius 3 is 2.53 bits per heavy atom. The maximum atomic E-state index is 5.52. The first-order chi connectivity index (χ1) is 8.15. The highest BCUT2D eigenvalue weighted by molar-refractivity contribution is 5.25. The van der Waals surface area contributed by atoms with Gasteiger partial charge < -0.3 is 10.1 Å². The van der Waals surface area contributed by atoms with Crippen molar-refractivity contribution in [3.05, 3.63) is 5.82 Å². The Hall–Kier alpha value is -1.39. The normalized spacial score (nSPS) is 10.6. The van der Waals surface area contributed by atoms with Crippen molar-refractivity contribution in [2.75, 3.05) is 11.9 Å². The summed E-state index contributed by atoms with van der Waals surface area (Å²) >= 11 is 0. The molecule has 5 nitrogen and oxygen atoms in total. The van der Waals surface area contributed by atoms with Crippen molar-refractivity contribution in [1.82, 2.24) is 15.0 Å². The molecule has 96 valence electrons. The molecule has 0 atom stereocenters. The average molecular weight is 238 g/mol. The third kappa shape index (κ3) is 4.97. The van der Waals surface area contributed by atoms with E-state index < -0.39 is 0 Å². The molecule has 0 aliphatic carbocycles. The summed E-state index contributed by atoms with van der Waals surface area (Å²) in [6, 6.07) is 0.414. The third-order valence-electron chi connectivity index (χ3n) is 2.09. The first-order valence-corrected chi connectivity index (χ1v) is 6.31.